The smallest absolute Gasteiger partial charge is 0.0544 e. The molecule has 1 heterocycles. The third-order valence-electron chi connectivity index (χ3n) is 14.0. The van der Waals surface area contributed by atoms with Gasteiger partial charge >= 0.3 is 0 Å². The maximum absolute atomic E-state index is 2.46. The minimum absolute atomic E-state index is 0.0517. The van der Waals surface area contributed by atoms with E-state index in [4.69, 9.17) is 0 Å². The summed E-state index contributed by atoms with van der Waals surface area (Å²) in [6, 6.07) is 76.5. The average molecular weight is 795 g/mol. The summed E-state index contributed by atoms with van der Waals surface area (Å²) in [5, 5.41) is 2.54. The Labute approximate surface area is 364 Å². The van der Waals surface area contributed by atoms with E-state index in [9.17, 15) is 0 Å². The summed E-state index contributed by atoms with van der Waals surface area (Å²) in [6.45, 7) is 9.43. The molecule has 0 bridgehead atoms. The third kappa shape index (κ3) is 5.43. The van der Waals surface area contributed by atoms with Gasteiger partial charge in [0.05, 0.1) is 11.0 Å². The van der Waals surface area contributed by atoms with Crippen LogP contribution < -0.4 is 4.90 Å². The normalized spacial score (nSPS) is 14.1. The van der Waals surface area contributed by atoms with Crippen molar-refractivity contribution in [1.82, 2.24) is 4.57 Å². The Morgan fingerprint density at radius 1 is 0.323 bits per heavy atom. The molecule has 0 N–H and O–H groups in total. The van der Waals surface area contributed by atoms with Crippen LogP contribution >= 0.6 is 0 Å². The Morgan fingerprint density at radius 2 is 0.790 bits per heavy atom. The van der Waals surface area contributed by atoms with E-state index in [1.807, 2.05) is 0 Å². The molecule has 10 aromatic rings. The van der Waals surface area contributed by atoms with Crippen molar-refractivity contribution in [3.05, 3.63) is 229 Å². The molecular weight excluding hydrogens is 749 g/mol. The van der Waals surface area contributed by atoms with Crippen molar-refractivity contribution in [2.45, 2.75) is 38.5 Å². The van der Waals surface area contributed by atoms with Gasteiger partial charge in [-0.05, 0) is 140 Å². The quantitative estimate of drug-likeness (QED) is 0.163. The predicted octanol–water partition coefficient (Wildman–Crippen LogP) is 16.2. The fourth-order valence-corrected chi connectivity index (χ4v) is 10.8. The number of hydrogen-bond donors (Lipinski definition) is 0. The van der Waals surface area contributed by atoms with Gasteiger partial charge in [-0.15, -0.1) is 0 Å². The molecule has 0 aliphatic heterocycles. The van der Waals surface area contributed by atoms with Crippen molar-refractivity contribution in [2.24, 2.45) is 0 Å². The first kappa shape index (κ1) is 36.4. The fourth-order valence-electron chi connectivity index (χ4n) is 10.8. The van der Waals surface area contributed by atoms with Crippen LogP contribution in [-0.4, -0.2) is 4.57 Å². The standard InChI is InChI=1S/C60H46N2/c1-59(2)53-21-13-11-19-47(53)49-36-46(32-33-55(49)59)61(44-28-23-40(24-29-44)39-15-7-5-8-16-39)45-30-25-41(26-31-45)42-27-34-57-51(35-42)52-37-50-48-20-12-14-22-54(48)60(3,4)56(50)38-58(52)62(57)43-17-9-6-10-18-43/h5-38H,1-4H3. The summed E-state index contributed by atoms with van der Waals surface area (Å²) in [4.78, 5) is 2.41. The maximum atomic E-state index is 2.46. The van der Waals surface area contributed by atoms with E-state index in [1.54, 1.807) is 0 Å². The fraction of sp³-hybridized carbons (Fsp3) is 0.100. The van der Waals surface area contributed by atoms with Gasteiger partial charge in [0.25, 0.3) is 0 Å². The zero-order valence-electron chi connectivity index (χ0n) is 35.5. The molecule has 12 rings (SSSR count). The predicted molar refractivity (Wildman–Crippen MR) is 261 cm³/mol. The molecule has 2 nitrogen and oxygen atoms in total. The molecule has 0 unspecified atom stereocenters. The third-order valence-corrected chi connectivity index (χ3v) is 14.0. The molecule has 1 aromatic heterocycles. The van der Waals surface area contributed by atoms with E-state index in [0.717, 1.165) is 17.1 Å². The molecule has 0 spiro atoms. The van der Waals surface area contributed by atoms with Gasteiger partial charge in [0, 0.05) is 44.4 Å². The number of fused-ring (bicyclic) bond motifs is 9. The van der Waals surface area contributed by atoms with Crippen LogP contribution in [0.1, 0.15) is 49.9 Å². The zero-order chi connectivity index (χ0) is 41.7. The van der Waals surface area contributed by atoms with Gasteiger partial charge in [-0.3, -0.25) is 0 Å². The highest BCUT2D eigenvalue weighted by molar-refractivity contribution is 6.12. The minimum Gasteiger partial charge on any atom is -0.310 e. The molecule has 2 aliphatic carbocycles. The van der Waals surface area contributed by atoms with Crippen LogP contribution in [0.15, 0.2) is 206 Å². The van der Waals surface area contributed by atoms with Gasteiger partial charge < -0.3 is 9.47 Å². The summed E-state index contributed by atoms with van der Waals surface area (Å²) in [7, 11) is 0. The van der Waals surface area contributed by atoms with E-state index in [1.165, 1.54) is 94.3 Å². The topological polar surface area (TPSA) is 8.17 Å². The summed E-state index contributed by atoms with van der Waals surface area (Å²) >= 11 is 0. The first-order chi connectivity index (χ1) is 30.3. The molecule has 0 saturated carbocycles. The molecule has 0 radical (unpaired) electrons. The molecule has 0 saturated heterocycles. The number of anilines is 3. The van der Waals surface area contributed by atoms with Crippen molar-refractivity contribution in [2.75, 3.05) is 4.90 Å². The van der Waals surface area contributed by atoms with Gasteiger partial charge in [0.2, 0.25) is 0 Å². The Morgan fingerprint density at radius 3 is 1.44 bits per heavy atom. The summed E-state index contributed by atoms with van der Waals surface area (Å²) < 4.78 is 2.45. The first-order valence-electron chi connectivity index (χ1n) is 21.8. The van der Waals surface area contributed by atoms with Crippen molar-refractivity contribution in [3.63, 3.8) is 0 Å². The van der Waals surface area contributed by atoms with Gasteiger partial charge in [-0.2, -0.15) is 0 Å². The van der Waals surface area contributed by atoms with E-state index in [-0.39, 0.29) is 10.8 Å². The largest absolute Gasteiger partial charge is 0.310 e. The van der Waals surface area contributed by atoms with Crippen molar-refractivity contribution in [1.29, 1.82) is 0 Å². The van der Waals surface area contributed by atoms with E-state index in [2.05, 4.69) is 243 Å². The second kappa shape index (κ2) is 13.5. The average Bonchev–Trinajstić information content (AvgIpc) is 3.85. The Bertz CT molecular complexity index is 3370. The van der Waals surface area contributed by atoms with Crippen molar-refractivity contribution in [3.8, 4) is 50.2 Å². The highest BCUT2D eigenvalue weighted by Gasteiger charge is 2.37. The first-order valence-corrected chi connectivity index (χ1v) is 21.8. The SMILES string of the molecule is CC1(C)c2ccccc2-c2cc(N(c3ccc(-c4ccccc4)cc3)c3ccc(-c4ccc5c(c4)c4cc6c(cc4n5-c4ccccc4)C(C)(C)c4ccccc4-6)cc3)ccc21. The molecule has 2 aliphatic rings. The van der Waals surface area contributed by atoms with Crippen LogP contribution in [0, 0.1) is 0 Å². The Hall–Kier alpha value is -7.42. The molecule has 0 amide bonds. The minimum atomic E-state index is -0.0797. The molecular formula is C60H46N2. The van der Waals surface area contributed by atoms with E-state index in [0.29, 0.717) is 0 Å². The molecule has 2 heteroatoms. The van der Waals surface area contributed by atoms with Crippen molar-refractivity contribution >= 4 is 38.9 Å². The number of hydrogen-bond acceptors (Lipinski definition) is 1. The lowest BCUT2D eigenvalue weighted by atomic mass is 9.82. The summed E-state index contributed by atoms with van der Waals surface area (Å²) in [6.07, 6.45) is 0. The lowest BCUT2D eigenvalue weighted by molar-refractivity contribution is 0.660. The number of benzene rings is 9. The van der Waals surface area contributed by atoms with E-state index < -0.39 is 0 Å². The van der Waals surface area contributed by atoms with Crippen LogP contribution in [0.4, 0.5) is 17.1 Å². The number of nitrogens with zero attached hydrogens (tertiary/aromatic N) is 2. The highest BCUT2D eigenvalue weighted by atomic mass is 15.1. The number of aromatic nitrogens is 1. The van der Waals surface area contributed by atoms with Gasteiger partial charge in [-0.1, -0.05) is 161 Å². The second-order valence-corrected chi connectivity index (χ2v) is 18.2. The van der Waals surface area contributed by atoms with Gasteiger partial charge in [0.1, 0.15) is 0 Å². The molecule has 296 valence electrons. The molecule has 0 atom stereocenters. The summed E-state index contributed by atoms with van der Waals surface area (Å²) in [5.41, 5.74) is 22.6. The van der Waals surface area contributed by atoms with Crippen LogP contribution in [-0.2, 0) is 10.8 Å². The lowest BCUT2D eigenvalue weighted by Gasteiger charge is -2.27. The monoisotopic (exact) mass is 794 g/mol. The van der Waals surface area contributed by atoms with Crippen LogP contribution in [0.25, 0.3) is 72.0 Å². The lowest BCUT2D eigenvalue weighted by Crippen LogP contribution is -2.15. The van der Waals surface area contributed by atoms with Crippen LogP contribution in [0.3, 0.4) is 0 Å². The molecule has 9 aromatic carbocycles. The van der Waals surface area contributed by atoms with Gasteiger partial charge in [-0.25, -0.2) is 0 Å². The Balaban J connectivity index is 0.986. The van der Waals surface area contributed by atoms with Crippen molar-refractivity contribution < 1.29 is 0 Å². The highest BCUT2D eigenvalue weighted by Crippen LogP contribution is 2.52. The zero-order valence-corrected chi connectivity index (χ0v) is 35.5. The Kier molecular flexibility index (Phi) is 7.96. The number of para-hydroxylation sites is 1. The second-order valence-electron chi connectivity index (χ2n) is 18.2. The van der Waals surface area contributed by atoms with Crippen LogP contribution in [0.2, 0.25) is 0 Å². The number of rotatable bonds is 6. The maximum Gasteiger partial charge on any atom is 0.0544 e. The van der Waals surface area contributed by atoms with Gasteiger partial charge in [0.15, 0.2) is 0 Å². The van der Waals surface area contributed by atoms with E-state index >= 15 is 0 Å². The molecule has 0 fully saturated rings. The summed E-state index contributed by atoms with van der Waals surface area (Å²) in [5.74, 6) is 0. The molecule has 62 heavy (non-hydrogen) atoms. The van der Waals surface area contributed by atoms with Crippen LogP contribution in [0.5, 0.6) is 0 Å².